The molecule has 3 nitrogen and oxygen atoms in total. The van der Waals surface area contributed by atoms with Gasteiger partial charge in [-0.15, -0.1) is 11.6 Å². The molecule has 1 unspecified atom stereocenters. The van der Waals surface area contributed by atoms with Gasteiger partial charge in [0.2, 0.25) is 5.91 Å². The Balaban J connectivity index is 1.90. The molecule has 1 N–H and O–H groups in total. The molecule has 1 aromatic carbocycles. The number of likely N-dealkylation sites (tertiary alicyclic amines) is 1. The van der Waals surface area contributed by atoms with Gasteiger partial charge < -0.3 is 10.2 Å². The number of rotatable bonds is 4. The molecule has 1 aliphatic rings. The van der Waals surface area contributed by atoms with Gasteiger partial charge in [-0.3, -0.25) is 4.79 Å². The predicted molar refractivity (Wildman–Crippen MR) is 84.2 cm³/mol. The Hall–Kier alpha value is -1.06. The van der Waals surface area contributed by atoms with Gasteiger partial charge in [-0.05, 0) is 43.6 Å². The van der Waals surface area contributed by atoms with Gasteiger partial charge in [0.25, 0.3) is 0 Å². The summed E-state index contributed by atoms with van der Waals surface area (Å²) in [6.07, 6.45) is 5.25. The number of hydrogen-bond donors (Lipinski definition) is 1. The molecule has 1 heterocycles. The molecule has 2 rings (SSSR count). The number of halogens is 1. The van der Waals surface area contributed by atoms with Crippen molar-refractivity contribution in [2.75, 3.05) is 25.0 Å². The van der Waals surface area contributed by atoms with Crippen LogP contribution in [0.2, 0.25) is 0 Å². The van der Waals surface area contributed by atoms with Crippen LogP contribution in [0.4, 0.5) is 5.69 Å². The maximum Gasteiger partial charge on any atom is 0.221 e. The van der Waals surface area contributed by atoms with Gasteiger partial charge in [-0.1, -0.05) is 25.0 Å². The van der Waals surface area contributed by atoms with E-state index in [9.17, 15) is 4.79 Å². The van der Waals surface area contributed by atoms with Gasteiger partial charge in [-0.25, -0.2) is 0 Å². The predicted octanol–water partition coefficient (Wildman–Crippen LogP) is 3.80. The van der Waals surface area contributed by atoms with E-state index in [1.165, 1.54) is 32.6 Å². The monoisotopic (exact) mass is 294 g/mol. The summed E-state index contributed by atoms with van der Waals surface area (Å²) in [5, 5.41) is 2.78. The van der Waals surface area contributed by atoms with Crippen LogP contribution < -0.4 is 5.32 Å². The fourth-order valence-corrected chi connectivity index (χ4v) is 2.97. The van der Waals surface area contributed by atoms with E-state index in [2.05, 4.69) is 10.2 Å². The average molecular weight is 295 g/mol. The first-order valence-corrected chi connectivity index (χ1v) is 7.83. The SMILES string of the molecule is CC(=O)Nc1ccc(C(Cl)CN2CCCCCC2)cc1. The van der Waals surface area contributed by atoms with Crippen molar-refractivity contribution < 1.29 is 4.79 Å². The Morgan fingerprint density at radius 3 is 2.35 bits per heavy atom. The highest BCUT2D eigenvalue weighted by Crippen LogP contribution is 2.24. The second kappa shape index (κ2) is 7.65. The quantitative estimate of drug-likeness (QED) is 0.857. The molecule has 0 saturated carbocycles. The minimum absolute atomic E-state index is 0.0134. The van der Waals surface area contributed by atoms with E-state index < -0.39 is 0 Å². The molecule has 4 heteroatoms. The molecule has 110 valence electrons. The summed E-state index contributed by atoms with van der Waals surface area (Å²) in [5.74, 6) is -0.0512. The van der Waals surface area contributed by atoms with E-state index in [4.69, 9.17) is 11.6 Å². The van der Waals surface area contributed by atoms with Crippen LogP contribution in [0, 0.1) is 0 Å². The van der Waals surface area contributed by atoms with Crippen LogP contribution in [0.15, 0.2) is 24.3 Å². The molecule has 1 saturated heterocycles. The van der Waals surface area contributed by atoms with Crippen LogP contribution in [0.5, 0.6) is 0 Å². The summed E-state index contributed by atoms with van der Waals surface area (Å²) in [7, 11) is 0. The summed E-state index contributed by atoms with van der Waals surface area (Å²) in [4.78, 5) is 13.4. The van der Waals surface area contributed by atoms with Crippen molar-refractivity contribution in [1.82, 2.24) is 4.90 Å². The van der Waals surface area contributed by atoms with Gasteiger partial charge in [0.05, 0.1) is 5.38 Å². The number of anilines is 1. The molecule has 20 heavy (non-hydrogen) atoms. The van der Waals surface area contributed by atoms with Gasteiger partial charge in [0, 0.05) is 19.2 Å². The number of hydrogen-bond acceptors (Lipinski definition) is 2. The minimum Gasteiger partial charge on any atom is -0.326 e. The van der Waals surface area contributed by atoms with E-state index in [0.717, 1.165) is 30.9 Å². The highest BCUT2D eigenvalue weighted by atomic mass is 35.5. The second-order valence-electron chi connectivity index (χ2n) is 5.49. The third-order valence-corrected chi connectivity index (χ3v) is 4.10. The number of benzene rings is 1. The Morgan fingerprint density at radius 1 is 1.20 bits per heavy atom. The highest BCUT2D eigenvalue weighted by molar-refractivity contribution is 6.21. The van der Waals surface area contributed by atoms with Crippen LogP contribution in [-0.2, 0) is 4.79 Å². The fourth-order valence-electron chi connectivity index (χ4n) is 2.63. The number of nitrogens with zero attached hydrogens (tertiary/aromatic N) is 1. The molecule has 1 aromatic rings. The molecule has 0 spiro atoms. The number of amides is 1. The molecular weight excluding hydrogens is 272 g/mol. The largest absolute Gasteiger partial charge is 0.326 e. The Bertz CT molecular complexity index is 425. The van der Waals surface area contributed by atoms with Crippen molar-refractivity contribution in [3.05, 3.63) is 29.8 Å². The molecule has 1 aliphatic heterocycles. The van der Waals surface area contributed by atoms with Crippen molar-refractivity contribution in [1.29, 1.82) is 0 Å². The van der Waals surface area contributed by atoms with Gasteiger partial charge in [-0.2, -0.15) is 0 Å². The summed E-state index contributed by atoms with van der Waals surface area (Å²) in [6.45, 7) is 4.74. The smallest absolute Gasteiger partial charge is 0.221 e. The number of carbonyl (C=O) groups excluding carboxylic acids is 1. The zero-order valence-electron chi connectivity index (χ0n) is 12.1. The Labute approximate surface area is 126 Å². The summed E-state index contributed by atoms with van der Waals surface area (Å²) < 4.78 is 0. The molecule has 0 radical (unpaired) electrons. The first kappa shape index (κ1) is 15.3. The van der Waals surface area contributed by atoms with Gasteiger partial charge in [0.15, 0.2) is 0 Å². The molecule has 1 atom stereocenters. The van der Waals surface area contributed by atoms with E-state index in [1.807, 2.05) is 24.3 Å². The first-order chi connectivity index (χ1) is 9.65. The van der Waals surface area contributed by atoms with E-state index in [0.29, 0.717) is 0 Å². The third-order valence-electron chi connectivity index (χ3n) is 3.71. The fraction of sp³-hybridized carbons (Fsp3) is 0.562. The van der Waals surface area contributed by atoms with Crippen molar-refractivity contribution in [2.24, 2.45) is 0 Å². The molecule has 1 fully saturated rings. The normalized spacial score (nSPS) is 18.3. The van der Waals surface area contributed by atoms with Crippen LogP contribution in [-0.4, -0.2) is 30.4 Å². The van der Waals surface area contributed by atoms with Crippen molar-refractivity contribution >= 4 is 23.2 Å². The highest BCUT2D eigenvalue weighted by Gasteiger charge is 2.15. The lowest BCUT2D eigenvalue weighted by molar-refractivity contribution is -0.114. The van der Waals surface area contributed by atoms with Gasteiger partial charge in [0.1, 0.15) is 0 Å². The second-order valence-corrected chi connectivity index (χ2v) is 6.01. The maximum atomic E-state index is 11.0. The van der Waals surface area contributed by atoms with Crippen LogP contribution >= 0.6 is 11.6 Å². The third kappa shape index (κ3) is 4.80. The van der Waals surface area contributed by atoms with Crippen molar-refractivity contribution in [2.45, 2.75) is 38.0 Å². The zero-order valence-corrected chi connectivity index (χ0v) is 12.8. The summed E-state index contributed by atoms with van der Waals surface area (Å²) in [6, 6.07) is 7.82. The molecule has 0 aliphatic carbocycles. The number of carbonyl (C=O) groups is 1. The van der Waals surface area contributed by atoms with Crippen LogP contribution in [0.1, 0.15) is 43.5 Å². The molecule has 1 amide bonds. The maximum absolute atomic E-state index is 11.0. The topological polar surface area (TPSA) is 32.3 Å². The lowest BCUT2D eigenvalue weighted by Gasteiger charge is -2.23. The standard InChI is InChI=1S/C16H23ClN2O/c1-13(20)18-15-8-6-14(7-9-15)16(17)12-19-10-4-2-3-5-11-19/h6-9,16H,2-5,10-12H2,1H3,(H,18,20). The molecule has 0 aromatic heterocycles. The van der Waals surface area contributed by atoms with E-state index >= 15 is 0 Å². The number of alkyl halides is 1. The van der Waals surface area contributed by atoms with Crippen LogP contribution in [0.3, 0.4) is 0 Å². The summed E-state index contributed by atoms with van der Waals surface area (Å²) in [5.41, 5.74) is 1.94. The zero-order chi connectivity index (χ0) is 14.4. The van der Waals surface area contributed by atoms with Crippen LogP contribution in [0.25, 0.3) is 0 Å². The Morgan fingerprint density at radius 2 is 1.80 bits per heavy atom. The number of nitrogens with one attached hydrogen (secondary N) is 1. The summed E-state index contributed by atoms with van der Waals surface area (Å²) >= 11 is 6.52. The van der Waals surface area contributed by atoms with E-state index in [1.54, 1.807) is 0 Å². The lowest BCUT2D eigenvalue weighted by Crippen LogP contribution is -2.28. The van der Waals surface area contributed by atoms with Gasteiger partial charge >= 0.3 is 0 Å². The first-order valence-electron chi connectivity index (χ1n) is 7.39. The molecular formula is C16H23ClN2O. The lowest BCUT2D eigenvalue weighted by atomic mass is 10.1. The van der Waals surface area contributed by atoms with Crippen molar-refractivity contribution in [3.8, 4) is 0 Å². The molecule has 0 bridgehead atoms. The minimum atomic E-state index is -0.0512. The average Bonchev–Trinajstić information content (AvgIpc) is 2.67. The van der Waals surface area contributed by atoms with Crippen molar-refractivity contribution in [3.63, 3.8) is 0 Å². The Kier molecular flexibility index (Phi) is 5.86. The van der Waals surface area contributed by atoms with E-state index in [-0.39, 0.29) is 11.3 Å².